The van der Waals surface area contributed by atoms with Crippen LogP contribution < -0.4 is 5.32 Å². The lowest BCUT2D eigenvalue weighted by atomic mass is 9.88. The largest absolute Gasteiger partial charge is 0.436 e. The first kappa shape index (κ1) is 12.9. The summed E-state index contributed by atoms with van der Waals surface area (Å²) in [5, 5.41) is 3.06. The highest BCUT2D eigenvalue weighted by Crippen LogP contribution is 2.21. The number of hydrogen-bond acceptors (Lipinski definition) is 3. The first-order chi connectivity index (χ1) is 9.63. The van der Waals surface area contributed by atoms with Gasteiger partial charge in [0.25, 0.3) is 5.91 Å². The summed E-state index contributed by atoms with van der Waals surface area (Å²) < 4.78 is 5.36. The number of aromatic nitrogens is 1. The van der Waals surface area contributed by atoms with Gasteiger partial charge in [0.2, 0.25) is 5.76 Å². The lowest BCUT2D eigenvalue weighted by molar-refractivity contribution is 0.0903. The molecule has 0 fully saturated rings. The Bertz CT molecular complexity index is 646. The minimum atomic E-state index is -0.160. The standard InChI is InChI=1S/C16H18N2O2/c1-10-15(20-11(2)17-10)16(19)18-14-8-7-12-5-3-4-6-13(12)9-14/h3-6,14H,7-9H2,1-2H3,(H,18,19). The smallest absolute Gasteiger partial charge is 0.289 e. The molecule has 4 heteroatoms. The predicted molar refractivity (Wildman–Crippen MR) is 75.7 cm³/mol. The number of hydrogen-bond donors (Lipinski definition) is 1. The van der Waals surface area contributed by atoms with E-state index in [1.807, 2.05) is 6.07 Å². The summed E-state index contributed by atoms with van der Waals surface area (Å²) in [6.45, 7) is 3.54. The van der Waals surface area contributed by atoms with E-state index in [2.05, 4.69) is 28.5 Å². The van der Waals surface area contributed by atoms with E-state index in [1.165, 1.54) is 11.1 Å². The molecule has 0 radical (unpaired) electrons. The molecule has 4 nitrogen and oxygen atoms in total. The van der Waals surface area contributed by atoms with Crippen LogP contribution in [0.25, 0.3) is 0 Å². The predicted octanol–water partition coefficient (Wildman–Crippen LogP) is 2.58. The summed E-state index contributed by atoms with van der Waals surface area (Å²) in [7, 11) is 0. The molecule has 1 aromatic carbocycles. The van der Waals surface area contributed by atoms with Crippen LogP contribution in [0, 0.1) is 13.8 Å². The number of nitrogens with zero attached hydrogens (tertiary/aromatic N) is 1. The second-order valence-electron chi connectivity index (χ2n) is 5.33. The Morgan fingerprint density at radius 3 is 2.75 bits per heavy atom. The van der Waals surface area contributed by atoms with Gasteiger partial charge in [0.15, 0.2) is 5.89 Å². The molecule has 1 unspecified atom stereocenters. The molecule has 0 spiro atoms. The first-order valence-corrected chi connectivity index (χ1v) is 6.95. The van der Waals surface area contributed by atoms with E-state index < -0.39 is 0 Å². The van der Waals surface area contributed by atoms with Gasteiger partial charge in [0.05, 0.1) is 5.69 Å². The normalized spacial score (nSPS) is 17.6. The molecule has 1 amide bonds. The molecular weight excluding hydrogens is 252 g/mol. The Morgan fingerprint density at radius 2 is 2.05 bits per heavy atom. The Morgan fingerprint density at radius 1 is 1.30 bits per heavy atom. The number of amides is 1. The third kappa shape index (κ3) is 2.46. The van der Waals surface area contributed by atoms with E-state index in [0.29, 0.717) is 17.3 Å². The SMILES string of the molecule is Cc1nc(C)c(C(=O)NC2CCc3ccccc3C2)o1. The molecular formula is C16H18N2O2. The van der Waals surface area contributed by atoms with Gasteiger partial charge in [0, 0.05) is 13.0 Å². The highest BCUT2D eigenvalue weighted by atomic mass is 16.4. The number of nitrogens with one attached hydrogen (secondary N) is 1. The molecule has 3 rings (SSSR count). The third-order valence-corrected chi connectivity index (χ3v) is 3.79. The van der Waals surface area contributed by atoms with Gasteiger partial charge in [-0.3, -0.25) is 4.79 Å². The molecule has 1 aliphatic rings. The number of fused-ring (bicyclic) bond motifs is 1. The van der Waals surface area contributed by atoms with E-state index in [4.69, 9.17) is 4.42 Å². The lowest BCUT2D eigenvalue weighted by Gasteiger charge is -2.25. The van der Waals surface area contributed by atoms with Crippen molar-refractivity contribution in [1.82, 2.24) is 10.3 Å². The third-order valence-electron chi connectivity index (χ3n) is 3.79. The first-order valence-electron chi connectivity index (χ1n) is 6.95. The van der Waals surface area contributed by atoms with Gasteiger partial charge in [-0.15, -0.1) is 0 Å². The monoisotopic (exact) mass is 270 g/mol. The number of benzene rings is 1. The zero-order chi connectivity index (χ0) is 14.1. The van der Waals surface area contributed by atoms with Crippen LogP contribution in [0.3, 0.4) is 0 Å². The van der Waals surface area contributed by atoms with E-state index in [9.17, 15) is 4.79 Å². The topological polar surface area (TPSA) is 55.1 Å². The molecule has 1 heterocycles. The zero-order valence-corrected chi connectivity index (χ0v) is 11.8. The van der Waals surface area contributed by atoms with Crippen molar-refractivity contribution in [2.24, 2.45) is 0 Å². The summed E-state index contributed by atoms with van der Waals surface area (Å²) in [5.74, 6) is 0.704. The highest BCUT2D eigenvalue weighted by Gasteiger charge is 2.23. The second kappa shape index (κ2) is 5.12. The van der Waals surface area contributed by atoms with Gasteiger partial charge in [-0.2, -0.15) is 0 Å². The molecule has 0 aliphatic heterocycles. The molecule has 1 atom stereocenters. The van der Waals surface area contributed by atoms with Gasteiger partial charge < -0.3 is 9.73 Å². The number of oxazole rings is 1. The summed E-state index contributed by atoms with van der Waals surface area (Å²) in [4.78, 5) is 16.3. The second-order valence-corrected chi connectivity index (χ2v) is 5.33. The Hall–Kier alpha value is -2.10. The number of aryl methyl sites for hydroxylation is 3. The number of carbonyl (C=O) groups is 1. The van der Waals surface area contributed by atoms with Crippen LogP contribution in [0.4, 0.5) is 0 Å². The highest BCUT2D eigenvalue weighted by molar-refractivity contribution is 5.92. The zero-order valence-electron chi connectivity index (χ0n) is 11.8. The van der Waals surface area contributed by atoms with E-state index in [0.717, 1.165) is 19.3 Å². The maximum absolute atomic E-state index is 12.2. The fraction of sp³-hybridized carbons (Fsp3) is 0.375. The van der Waals surface area contributed by atoms with Crippen LogP contribution in [-0.4, -0.2) is 16.9 Å². The minimum Gasteiger partial charge on any atom is -0.436 e. The molecule has 1 N–H and O–H groups in total. The molecule has 1 aliphatic carbocycles. The van der Waals surface area contributed by atoms with Crippen molar-refractivity contribution in [2.45, 2.75) is 39.2 Å². The Labute approximate surface area is 118 Å². The molecule has 104 valence electrons. The van der Waals surface area contributed by atoms with Crippen molar-refractivity contribution < 1.29 is 9.21 Å². The fourth-order valence-electron chi connectivity index (χ4n) is 2.81. The van der Waals surface area contributed by atoms with Crippen molar-refractivity contribution in [3.8, 4) is 0 Å². The molecule has 2 aromatic rings. The van der Waals surface area contributed by atoms with E-state index >= 15 is 0 Å². The molecule has 20 heavy (non-hydrogen) atoms. The van der Waals surface area contributed by atoms with Gasteiger partial charge in [0.1, 0.15) is 0 Å². The van der Waals surface area contributed by atoms with Crippen molar-refractivity contribution in [3.63, 3.8) is 0 Å². The van der Waals surface area contributed by atoms with E-state index in [1.54, 1.807) is 13.8 Å². The maximum Gasteiger partial charge on any atom is 0.289 e. The van der Waals surface area contributed by atoms with Crippen LogP contribution in [0.5, 0.6) is 0 Å². The maximum atomic E-state index is 12.2. The van der Waals surface area contributed by atoms with Gasteiger partial charge >= 0.3 is 0 Å². The van der Waals surface area contributed by atoms with Crippen molar-refractivity contribution in [1.29, 1.82) is 0 Å². The minimum absolute atomic E-state index is 0.160. The fourth-order valence-corrected chi connectivity index (χ4v) is 2.81. The van der Waals surface area contributed by atoms with Crippen molar-refractivity contribution in [3.05, 3.63) is 52.7 Å². The molecule has 0 bridgehead atoms. The van der Waals surface area contributed by atoms with Crippen molar-refractivity contribution in [2.75, 3.05) is 0 Å². The van der Waals surface area contributed by atoms with Crippen LogP contribution in [-0.2, 0) is 12.8 Å². The van der Waals surface area contributed by atoms with Gasteiger partial charge in [-0.25, -0.2) is 4.98 Å². The Balaban J connectivity index is 1.71. The Kier molecular flexibility index (Phi) is 3.30. The van der Waals surface area contributed by atoms with Crippen LogP contribution >= 0.6 is 0 Å². The number of rotatable bonds is 2. The van der Waals surface area contributed by atoms with Crippen LogP contribution in [0.1, 0.15) is 39.7 Å². The summed E-state index contributed by atoms with van der Waals surface area (Å²) >= 11 is 0. The van der Waals surface area contributed by atoms with Gasteiger partial charge in [-0.1, -0.05) is 24.3 Å². The molecule has 1 aromatic heterocycles. The van der Waals surface area contributed by atoms with Crippen LogP contribution in [0.15, 0.2) is 28.7 Å². The summed E-state index contributed by atoms with van der Waals surface area (Å²) in [5.41, 5.74) is 3.37. The molecule has 0 saturated heterocycles. The van der Waals surface area contributed by atoms with E-state index in [-0.39, 0.29) is 11.9 Å². The van der Waals surface area contributed by atoms with Crippen molar-refractivity contribution >= 4 is 5.91 Å². The summed E-state index contributed by atoms with van der Waals surface area (Å²) in [6.07, 6.45) is 2.86. The molecule has 0 saturated carbocycles. The van der Waals surface area contributed by atoms with Gasteiger partial charge in [-0.05, 0) is 37.3 Å². The quantitative estimate of drug-likeness (QED) is 0.912. The lowest BCUT2D eigenvalue weighted by Crippen LogP contribution is -2.38. The summed E-state index contributed by atoms with van der Waals surface area (Å²) in [6, 6.07) is 8.59. The average Bonchev–Trinajstić information content (AvgIpc) is 2.78. The van der Waals surface area contributed by atoms with Crippen LogP contribution in [0.2, 0.25) is 0 Å². The number of carbonyl (C=O) groups excluding carboxylic acids is 1. The average molecular weight is 270 g/mol.